The number of aryl methyl sites for hydroxylation is 1. The van der Waals surface area contributed by atoms with E-state index in [0.717, 1.165) is 37.2 Å². The lowest BCUT2D eigenvalue weighted by atomic mass is 9.46. The minimum atomic E-state index is 0. The number of aliphatic imine (C=N–C) groups is 1. The van der Waals surface area contributed by atoms with Gasteiger partial charge in [-0.05, 0) is 56.4 Å². The Balaban J connectivity index is 0.00000256. The number of nitrogens with one attached hydrogen (secondary N) is 1. The van der Waals surface area contributed by atoms with Gasteiger partial charge < -0.3 is 24.4 Å². The smallest absolute Gasteiger partial charge is 0.194 e. The molecule has 0 radical (unpaired) electrons. The number of fused-ring (bicyclic) bond motifs is 2. The van der Waals surface area contributed by atoms with Crippen molar-refractivity contribution in [2.24, 2.45) is 16.3 Å². The number of guanidine groups is 1. The van der Waals surface area contributed by atoms with Crippen molar-refractivity contribution in [3.8, 4) is 11.5 Å². The molecule has 1 heterocycles. The van der Waals surface area contributed by atoms with Crippen LogP contribution in [0.4, 0.5) is 0 Å². The monoisotopic (exact) mass is 529 g/mol. The number of ether oxygens (including phenoxy) is 3. The lowest BCUT2D eigenvalue weighted by molar-refractivity contribution is -0.171. The second-order valence-electron chi connectivity index (χ2n) is 8.74. The fraction of sp³-hybridized carbons (Fsp3) is 0.696. The van der Waals surface area contributed by atoms with Crippen LogP contribution in [0.1, 0.15) is 43.7 Å². The Labute approximate surface area is 197 Å². The highest BCUT2D eigenvalue weighted by atomic mass is 127. The van der Waals surface area contributed by atoms with E-state index in [0.29, 0.717) is 23.5 Å². The van der Waals surface area contributed by atoms with Gasteiger partial charge >= 0.3 is 0 Å². The Morgan fingerprint density at radius 2 is 1.97 bits per heavy atom. The first-order valence-corrected chi connectivity index (χ1v) is 10.9. The van der Waals surface area contributed by atoms with Crippen LogP contribution in [0.15, 0.2) is 17.1 Å². The van der Waals surface area contributed by atoms with E-state index in [9.17, 15) is 0 Å². The van der Waals surface area contributed by atoms with Gasteiger partial charge in [-0.15, -0.1) is 24.0 Å². The van der Waals surface area contributed by atoms with Gasteiger partial charge in [0.1, 0.15) is 0 Å². The van der Waals surface area contributed by atoms with Gasteiger partial charge in [-0.2, -0.15) is 0 Å². The topological polar surface area (TPSA) is 55.3 Å². The lowest BCUT2D eigenvalue weighted by Crippen LogP contribution is -2.72. The zero-order valence-corrected chi connectivity index (χ0v) is 21.2. The van der Waals surface area contributed by atoms with Crippen LogP contribution in [-0.4, -0.2) is 57.4 Å². The van der Waals surface area contributed by atoms with Gasteiger partial charge in [0.2, 0.25) is 0 Å². The normalized spacial score (nSPS) is 26.2. The third-order valence-corrected chi connectivity index (χ3v) is 7.24. The molecule has 4 rings (SSSR count). The van der Waals surface area contributed by atoms with E-state index in [4.69, 9.17) is 19.2 Å². The Morgan fingerprint density at radius 3 is 2.57 bits per heavy atom. The van der Waals surface area contributed by atoms with Crippen molar-refractivity contribution in [2.45, 2.75) is 58.2 Å². The SMILES string of the molecule is CCN=C(NC1C2CCOC2C12CCC2)N(C)Cc1cc(OC)c(OC)cc1C.I. The summed E-state index contributed by atoms with van der Waals surface area (Å²) >= 11 is 0. The maximum absolute atomic E-state index is 6.08. The molecular weight excluding hydrogens is 493 g/mol. The lowest BCUT2D eigenvalue weighted by Gasteiger charge is -2.63. The molecule has 7 heteroatoms. The molecule has 1 saturated heterocycles. The molecule has 3 aliphatic rings. The second-order valence-corrected chi connectivity index (χ2v) is 8.74. The third-order valence-electron chi connectivity index (χ3n) is 7.24. The van der Waals surface area contributed by atoms with E-state index >= 15 is 0 Å². The van der Waals surface area contributed by atoms with Crippen molar-refractivity contribution in [1.29, 1.82) is 0 Å². The first kappa shape index (κ1) is 23.4. The summed E-state index contributed by atoms with van der Waals surface area (Å²) in [5, 5.41) is 3.85. The molecule has 1 N–H and O–H groups in total. The van der Waals surface area contributed by atoms with Crippen molar-refractivity contribution in [2.75, 3.05) is 34.4 Å². The molecule has 3 atom stereocenters. The summed E-state index contributed by atoms with van der Waals surface area (Å²) in [7, 11) is 5.47. The maximum Gasteiger partial charge on any atom is 0.194 e. The average Bonchev–Trinajstić information content (AvgIpc) is 3.09. The predicted octanol–water partition coefficient (Wildman–Crippen LogP) is 3.99. The molecule has 2 saturated carbocycles. The standard InChI is InChI=1S/C23H35N3O3.HI/c1-6-24-22(25-20-17-8-11-29-21(17)23(20)9-7-10-23)26(3)14-16-13-19(28-5)18(27-4)12-15(16)2;/h12-13,17,20-21H,6-11,14H2,1-5H3,(H,24,25);1H. The molecule has 30 heavy (non-hydrogen) atoms. The van der Waals surface area contributed by atoms with Gasteiger partial charge in [-0.25, -0.2) is 0 Å². The van der Waals surface area contributed by atoms with Gasteiger partial charge in [-0.1, -0.05) is 6.42 Å². The van der Waals surface area contributed by atoms with E-state index in [1.165, 1.54) is 36.8 Å². The van der Waals surface area contributed by atoms with E-state index in [1.807, 2.05) is 6.07 Å². The minimum Gasteiger partial charge on any atom is -0.493 e. The van der Waals surface area contributed by atoms with Crippen LogP contribution in [0.2, 0.25) is 0 Å². The third kappa shape index (κ3) is 3.87. The first-order chi connectivity index (χ1) is 14.0. The molecule has 0 bridgehead atoms. The van der Waals surface area contributed by atoms with Gasteiger partial charge in [0, 0.05) is 44.1 Å². The Morgan fingerprint density at radius 1 is 1.27 bits per heavy atom. The highest BCUT2D eigenvalue weighted by Crippen LogP contribution is 2.62. The predicted molar refractivity (Wildman–Crippen MR) is 130 cm³/mol. The molecule has 1 aromatic carbocycles. The average molecular weight is 529 g/mol. The molecule has 168 valence electrons. The summed E-state index contributed by atoms with van der Waals surface area (Å²) in [6, 6.07) is 4.61. The largest absolute Gasteiger partial charge is 0.493 e. The van der Waals surface area contributed by atoms with Crippen molar-refractivity contribution in [3.05, 3.63) is 23.3 Å². The Kier molecular flexibility index (Phi) is 7.43. The summed E-state index contributed by atoms with van der Waals surface area (Å²) in [6.45, 7) is 6.66. The zero-order valence-electron chi connectivity index (χ0n) is 18.9. The molecule has 1 aromatic rings. The van der Waals surface area contributed by atoms with Crippen LogP contribution in [0.25, 0.3) is 0 Å². The summed E-state index contributed by atoms with van der Waals surface area (Å²) in [5.41, 5.74) is 2.74. The van der Waals surface area contributed by atoms with Crippen LogP contribution in [0.3, 0.4) is 0 Å². The van der Waals surface area contributed by atoms with Gasteiger partial charge in [0.05, 0.1) is 20.3 Å². The second kappa shape index (κ2) is 9.51. The minimum absolute atomic E-state index is 0. The number of rotatable bonds is 6. The summed E-state index contributed by atoms with van der Waals surface area (Å²) < 4.78 is 17.0. The number of hydrogen-bond donors (Lipinski definition) is 1. The summed E-state index contributed by atoms with van der Waals surface area (Å²) in [5.74, 6) is 3.16. The molecule has 2 aliphatic carbocycles. The van der Waals surface area contributed by atoms with Crippen LogP contribution < -0.4 is 14.8 Å². The summed E-state index contributed by atoms with van der Waals surface area (Å²) in [6.07, 6.45) is 5.52. The molecule has 6 nitrogen and oxygen atoms in total. The Bertz CT molecular complexity index is 781. The Hall–Kier alpha value is -1.22. The highest BCUT2D eigenvalue weighted by molar-refractivity contribution is 14.0. The molecule has 3 unspecified atom stereocenters. The van der Waals surface area contributed by atoms with Crippen LogP contribution >= 0.6 is 24.0 Å². The first-order valence-electron chi connectivity index (χ1n) is 10.9. The maximum atomic E-state index is 6.08. The number of nitrogens with zero attached hydrogens (tertiary/aromatic N) is 2. The molecule has 1 spiro atoms. The van der Waals surface area contributed by atoms with Crippen LogP contribution in [-0.2, 0) is 11.3 Å². The van der Waals surface area contributed by atoms with E-state index in [2.05, 4.69) is 37.2 Å². The van der Waals surface area contributed by atoms with Crippen LogP contribution in [0.5, 0.6) is 11.5 Å². The summed E-state index contributed by atoms with van der Waals surface area (Å²) in [4.78, 5) is 7.05. The molecule has 1 aliphatic heterocycles. The van der Waals surface area contributed by atoms with Crippen molar-refractivity contribution in [1.82, 2.24) is 10.2 Å². The van der Waals surface area contributed by atoms with Gasteiger partial charge in [0.25, 0.3) is 0 Å². The molecule has 0 amide bonds. The number of methoxy groups -OCH3 is 2. The molecule has 3 fully saturated rings. The number of benzene rings is 1. The number of hydrogen-bond acceptors (Lipinski definition) is 4. The fourth-order valence-corrected chi connectivity index (χ4v) is 5.54. The van der Waals surface area contributed by atoms with Crippen molar-refractivity contribution < 1.29 is 14.2 Å². The van der Waals surface area contributed by atoms with Gasteiger partial charge in [0.15, 0.2) is 17.5 Å². The van der Waals surface area contributed by atoms with Crippen molar-refractivity contribution >= 4 is 29.9 Å². The molecular formula is C23H36IN3O3. The fourth-order valence-electron chi connectivity index (χ4n) is 5.54. The van der Waals surface area contributed by atoms with Crippen molar-refractivity contribution in [3.63, 3.8) is 0 Å². The highest BCUT2D eigenvalue weighted by Gasteiger charge is 2.66. The quantitative estimate of drug-likeness (QED) is 0.343. The van der Waals surface area contributed by atoms with Crippen LogP contribution in [0, 0.1) is 18.3 Å². The van der Waals surface area contributed by atoms with E-state index in [-0.39, 0.29) is 24.0 Å². The van der Waals surface area contributed by atoms with E-state index < -0.39 is 0 Å². The van der Waals surface area contributed by atoms with E-state index in [1.54, 1.807) is 14.2 Å². The number of halogens is 1. The molecule has 0 aromatic heterocycles. The zero-order chi connectivity index (χ0) is 20.6. The van der Waals surface area contributed by atoms with Gasteiger partial charge in [-0.3, -0.25) is 4.99 Å².